The molecule has 3 aromatic rings. The van der Waals surface area contributed by atoms with Gasteiger partial charge in [-0.05, 0) is 30.3 Å². The van der Waals surface area contributed by atoms with Crippen LogP contribution in [-0.2, 0) is 6.54 Å². The monoisotopic (exact) mass is 400 g/mol. The summed E-state index contributed by atoms with van der Waals surface area (Å²) in [5.74, 6) is 2.28. The lowest BCUT2D eigenvalue weighted by Crippen LogP contribution is -3.09. The standard InChI is InChI=1S/C21H22ClN3O3/c1-27-14-6-8-16(19(11-14)28-2)18-4-3-9-25(18)12-20-23-17-10-13(22)5-7-15(17)21(26)24-20/h5-8,10-11,18H,3-4,9,12H2,1-2H3,(H,23,24,26)/p+1/t18-/m1/s1. The molecule has 0 spiro atoms. The largest absolute Gasteiger partial charge is 0.497 e. The molecule has 0 saturated carbocycles. The number of aromatic amines is 1. The van der Waals surface area contributed by atoms with E-state index in [0.717, 1.165) is 36.4 Å². The van der Waals surface area contributed by atoms with E-state index in [1.54, 1.807) is 32.4 Å². The van der Waals surface area contributed by atoms with E-state index in [2.05, 4.69) is 16.0 Å². The Kier molecular flexibility index (Phi) is 5.24. The maximum Gasteiger partial charge on any atom is 0.258 e. The highest BCUT2D eigenvalue weighted by Gasteiger charge is 2.33. The molecule has 2 atom stereocenters. The van der Waals surface area contributed by atoms with Crippen molar-refractivity contribution in [1.29, 1.82) is 0 Å². The maximum atomic E-state index is 12.4. The Labute approximate surface area is 168 Å². The molecular weight excluding hydrogens is 378 g/mol. The van der Waals surface area contributed by atoms with E-state index < -0.39 is 0 Å². The summed E-state index contributed by atoms with van der Waals surface area (Å²) in [6.07, 6.45) is 2.17. The third kappa shape index (κ3) is 3.57. The van der Waals surface area contributed by atoms with Crippen LogP contribution >= 0.6 is 11.6 Å². The predicted molar refractivity (Wildman–Crippen MR) is 108 cm³/mol. The minimum atomic E-state index is -0.131. The molecule has 7 heteroatoms. The first-order chi connectivity index (χ1) is 13.6. The summed E-state index contributed by atoms with van der Waals surface area (Å²) in [5, 5.41) is 1.13. The predicted octanol–water partition coefficient (Wildman–Crippen LogP) is 2.51. The summed E-state index contributed by atoms with van der Waals surface area (Å²) in [6.45, 7) is 1.65. The van der Waals surface area contributed by atoms with Gasteiger partial charge in [-0.15, -0.1) is 0 Å². The van der Waals surface area contributed by atoms with E-state index in [-0.39, 0.29) is 11.6 Å². The summed E-state index contributed by atoms with van der Waals surface area (Å²) in [6, 6.07) is 11.4. The zero-order valence-corrected chi connectivity index (χ0v) is 16.7. The molecular formula is C21H23ClN3O3+. The van der Waals surface area contributed by atoms with Gasteiger partial charge in [0.15, 0.2) is 5.82 Å². The van der Waals surface area contributed by atoms with Gasteiger partial charge in [0, 0.05) is 23.9 Å². The van der Waals surface area contributed by atoms with Crippen LogP contribution in [0.2, 0.25) is 5.02 Å². The Morgan fingerprint density at radius 1 is 1.21 bits per heavy atom. The SMILES string of the molecule is COc1ccc([C@H]2CCC[NH+]2Cc2nc3cc(Cl)ccc3c(=O)[nH]2)c(OC)c1. The van der Waals surface area contributed by atoms with Crippen LogP contribution < -0.4 is 19.9 Å². The Hall–Kier alpha value is -2.57. The number of halogens is 1. The topological polar surface area (TPSA) is 68.7 Å². The average molecular weight is 401 g/mol. The van der Waals surface area contributed by atoms with E-state index in [1.165, 1.54) is 4.90 Å². The Balaban J connectivity index is 1.65. The lowest BCUT2D eigenvalue weighted by Gasteiger charge is -2.23. The lowest BCUT2D eigenvalue weighted by molar-refractivity contribution is -0.932. The smallest absolute Gasteiger partial charge is 0.258 e. The minimum Gasteiger partial charge on any atom is -0.497 e. The first kappa shape index (κ1) is 18.8. The Morgan fingerprint density at radius 3 is 2.86 bits per heavy atom. The molecule has 1 saturated heterocycles. The zero-order chi connectivity index (χ0) is 19.7. The average Bonchev–Trinajstić information content (AvgIpc) is 3.14. The molecule has 0 bridgehead atoms. The van der Waals surface area contributed by atoms with E-state index in [9.17, 15) is 4.79 Å². The molecule has 0 amide bonds. The molecule has 0 aliphatic carbocycles. The van der Waals surface area contributed by atoms with Crippen molar-refractivity contribution in [3.05, 3.63) is 63.2 Å². The van der Waals surface area contributed by atoms with Gasteiger partial charge in [0.05, 0.1) is 37.2 Å². The molecule has 1 aromatic heterocycles. The van der Waals surface area contributed by atoms with E-state index in [0.29, 0.717) is 28.3 Å². The van der Waals surface area contributed by atoms with Gasteiger partial charge < -0.3 is 19.4 Å². The number of ether oxygens (including phenoxy) is 2. The van der Waals surface area contributed by atoms with Crippen LogP contribution in [0.4, 0.5) is 0 Å². The highest BCUT2D eigenvalue weighted by molar-refractivity contribution is 6.31. The molecule has 2 N–H and O–H groups in total. The van der Waals surface area contributed by atoms with E-state index in [4.69, 9.17) is 21.1 Å². The number of rotatable bonds is 5. The number of benzene rings is 2. The van der Waals surface area contributed by atoms with Gasteiger partial charge in [-0.25, -0.2) is 4.98 Å². The molecule has 1 aliphatic rings. The fraction of sp³-hybridized carbons (Fsp3) is 0.333. The van der Waals surface area contributed by atoms with Crippen molar-refractivity contribution in [2.24, 2.45) is 0 Å². The van der Waals surface area contributed by atoms with Gasteiger partial charge in [-0.1, -0.05) is 11.6 Å². The third-order valence-corrected chi connectivity index (χ3v) is 5.65. The number of nitrogens with one attached hydrogen (secondary N) is 2. The number of H-pyrrole nitrogens is 1. The molecule has 6 nitrogen and oxygen atoms in total. The number of hydrogen-bond donors (Lipinski definition) is 2. The number of methoxy groups -OCH3 is 2. The molecule has 1 unspecified atom stereocenters. The fourth-order valence-electron chi connectivity index (χ4n) is 4.06. The van der Waals surface area contributed by atoms with E-state index in [1.807, 2.05) is 12.1 Å². The first-order valence-electron chi connectivity index (χ1n) is 9.34. The van der Waals surface area contributed by atoms with Gasteiger partial charge in [0.2, 0.25) is 0 Å². The van der Waals surface area contributed by atoms with Crippen molar-refractivity contribution >= 4 is 22.5 Å². The Morgan fingerprint density at radius 2 is 2.07 bits per heavy atom. The van der Waals surface area contributed by atoms with Crippen LogP contribution in [0.15, 0.2) is 41.2 Å². The van der Waals surface area contributed by atoms with Crippen molar-refractivity contribution in [3.8, 4) is 11.5 Å². The van der Waals surface area contributed by atoms with Crippen LogP contribution in [0.3, 0.4) is 0 Å². The zero-order valence-electron chi connectivity index (χ0n) is 15.9. The van der Waals surface area contributed by atoms with Crippen LogP contribution in [0, 0.1) is 0 Å². The lowest BCUT2D eigenvalue weighted by atomic mass is 10.0. The van der Waals surface area contributed by atoms with Crippen LogP contribution in [-0.4, -0.2) is 30.7 Å². The molecule has 146 valence electrons. The van der Waals surface area contributed by atoms with Gasteiger partial charge in [0.1, 0.15) is 24.1 Å². The van der Waals surface area contributed by atoms with Gasteiger partial charge in [-0.2, -0.15) is 0 Å². The second kappa shape index (κ2) is 7.81. The number of likely N-dealkylation sites (tertiary alicyclic amines) is 1. The minimum absolute atomic E-state index is 0.131. The van der Waals surface area contributed by atoms with Crippen molar-refractivity contribution < 1.29 is 14.4 Å². The van der Waals surface area contributed by atoms with E-state index >= 15 is 0 Å². The molecule has 4 rings (SSSR count). The maximum absolute atomic E-state index is 12.4. The van der Waals surface area contributed by atoms with Crippen molar-refractivity contribution in [2.45, 2.75) is 25.4 Å². The van der Waals surface area contributed by atoms with Crippen molar-refractivity contribution in [2.75, 3.05) is 20.8 Å². The van der Waals surface area contributed by atoms with Crippen LogP contribution in [0.25, 0.3) is 10.9 Å². The summed E-state index contributed by atoms with van der Waals surface area (Å²) >= 11 is 6.07. The van der Waals surface area contributed by atoms with Gasteiger partial charge in [-0.3, -0.25) is 4.79 Å². The fourth-order valence-corrected chi connectivity index (χ4v) is 4.23. The molecule has 2 heterocycles. The summed E-state index contributed by atoms with van der Waals surface area (Å²) in [7, 11) is 3.33. The van der Waals surface area contributed by atoms with Gasteiger partial charge in [0.25, 0.3) is 5.56 Å². The molecule has 1 fully saturated rings. The molecule has 28 heavy (non-hydrogen) atoms. The third-order valence-electron chi connectivity index (χ3n) is 5.41. The molecule has 0 radical (unpaired) electrons. The normalized spacial score (nSPS) is 19.1. The Bertz CT molecular complexity index is 1070. The van der Waals surface area contributed by atoms with Gasteiger partial charge >= 0.3 is 0 Å². The first-order valence-corrected chi connectivity index (χ1v) is 9.72. The van der Waals surface area contributed by atoms with Crippen molar-refractivity contribution in [1.82, 2.24) is 9.97 Å². The van der Waals surface area contributed by atoms with Crippen molar-refractivity contribution in [3.63, 3.8) is 0 Å². The van der Waals surface area contributed by atoms with Crippen LogP contribution in [0.1, 0.15) is 30.3 Å². The number of aromatic nitrogens is 2. The summed E-state index contributed by atoms with van der Waals surface area (Å²) < 4.78 is 10.9. The number of hydrogen-bond acceptors (Lipinski definition) is 4. The number of nitrogens with zero attached hydrogens (tertiary/aromatic N) is 1. The highest BCUT2D eigenvalue weighted by Crippen LogP contribution is 2.31. The highest BCUT2D eigenvalue weighted by atomic mass is 35.5. The molecule has 2 aromatic carbocycles. The quantitative estimate of drug-likeness (QED) is 0.690. The molecule has 1 aliphatic heterocycles. The second-order valence-corrected chi connectivity index (χ2v) is 7.50. The van der Waals surface area contributed by atoms with Crippen LogP contribution in [0.5, 0.6) is 11.5 Å². The summed E-state index contributed by atoms with van der Waals surface area (Å²) in [4.78, 5) is 21.4. The number of quaternary nitrogens is 1. The second-order valence-electron chi connectivity index (χ2n) is 7.06. The number of fused-ring (bicyclic) bond motifs is 1. The summed E-state index contributed by atoms with van der Waals surface area (Å²) in [5.41, 5.74) is 1.65.